The molecule has 2 N–H and O–H groups in total. The molecule has 1 aromatic carbocycles. The van der Waals surface area contributed by atoms with Gasteiger partial charge >= 0.3 is 5.97 Å². The maximum atomic E-state index is 11.1. The summed E-state index contributed by atoms with van der Waals surface area (Å²) in [6.07, 6.45) is 0. The second kappa shape index (κ2) is 7.36. The van der Waals surface area contributed by atoms with E-state index < -0.39 is 12.0 Å². The van der Waals surface area contributed by atoms with Crippen molar-refractivity contribution in [2.75, 3.05) is 14.2 Å². The topological polar surface area (TPSA) is 67.8 Å². The van der Waals surface area contributed by atoms with Gasteiger partial charge in [0.05, 0.1) is 19.2 Å². The van der Waals surface area contributed by atoms with Crippen LogP contribution in [0.15, 0.2) is 12.1 Å². The van der Waals surface area contributed by atoms with Gasteiger partial charge in [0.15, 0.2) is 11.5 Å². The van der Waals surface area contributed by atoms with E-state index in [1.807, 2.05) is 13.8 Å². The lowest BCUT2D eigenvalue weighted by molar-refractivity contribution is -0.140. The van der Waals surface area contributed by atoms with Crippen molar-refractivity contribution in [3.63, 3.8) is 0 Å². The zero-order chi connectivity index (χ0) is 15.3. The van der Waals surface area contributed by atoms with Gasteiger partial charge in [-0.05, 0) is 17.5 Å². The van der Waals surface area contributed by atoms with Crippen LogP contribution < -0.4 is 14.8 Å². The first kappa shape index (κ1) is 16.6. The molecule has 0 fully saturated rings. The predicted octanol–water partition coefficient (Wildman–Crippen LogP) is 2.56. The Hall–Kier alpha value is -1.46. The molecule has 20 heavy (non-hydrogen) atoms. The number of benzene rings is 1. The second-order valence-electron chi connectivity index (χ2n) is 4.72. The van der Waals surface area contributed by atoms with Crippen LogP contribution in [0.5, 0.6) is 11.5 Å². The molecule has 0 aliphatic heterocycles. The highest BCUT2D eigenvalue weighted by molar-refractivity contribution is 6.33. The molecule has 1 aromatic rings. The largest absolute Gasteiger partial charge is 0.493 e. The summed E-state index contributed by atoms with van der Waals surface area (Å²) in [5.41, 5.74) is 0.760. The number of aliphatic carboxylic acids is 1. The summed E-state index contributed by atoms with van der Waals surface area (Å²) in [5, 5.41) is 12.5. The number of rotatable bonds is 7. The molecule has 0 radical (unpaired) electrons. The van der Waals surface area contributed by atoms with Gasteiger partial charge < -0.3 is 19.9 Å². The van der Waals surface area contributed by atoms with E-state index in [-0.39, 0.29) is 5.92 Å². The number of ether oxygens (including phenoxy) is 2. The Morgan fingerprint density at radius 3 is 2.45 bits per heavy atom. The van der Waals surface area contributed by atoms with Crippen LogP contribution in [-0.4, -0.2) is 31.3 Å². The smallest absolute Gasteiger partial charge is 0.320 e. The van der Waals surface area contributed by atoms with Crippen LogP contribution in [0.2, 0.25) is 5.02 Å². The van der Waals surface area contributed by atoms with Crippen LogP contribution in [0, 0.1) is 5.92 Å². The van der Waals surface area contributed by atoms with Crippen LogP contribution in [0.1, 0.15) is 19.4 Å². The van der Waals surface area contributed by atoms with Crippen molar-refractivity contribution in [3.05, 3.63) is 22.7 Å². The number of carbonyl (C=O) groups is 1. The van der Waals surface area contributed by atoms with Crippen LogP contribution in [0.25, 0.3) is 0 Å². The Morgan fingerprint density at radius 1 is 1.35 bits per heavy atom. The van der Waals surface area contributed by atoms with Crippen molar-refractivity contribution in [1.82, 2.24) is 5.32 Å². The Morgan fingerprint density at radius 2 is 2.00 bits per heavy atom. The molecule has 0 heterocycles. The van der Waals surface area contributed by atoms with Gasteiger partial charge in [0, 0.05) is 6.54 Å². The number of methoxy groups -OCH3 is 2. The molecule has 1 rings (SSSR count). The molecule has 1 unspecified atom stereocenters. The molecule has 5 nitrogen and oxygen atoms in total. The fraction of sp³-hybridized carbons (Fsp3) is 0.500. The molecule has 0 spiro atoms. The van der Waals surface area contributed by atoms with Crippen molar-refractivity contribution >= 4 is 17.6 Å². The van der Waals surface area contributed by atoms with Gasteiger partial charge in [-0.2, -0.15) is 0 Å². The Kier molecular flexibility index (Phi) is 6.10. The van der Waals surface area contributed by atoms with Crippen molar-refractivity contribution in [2.24, 2.45) is 5.92 Å². The normalized spacial score (nSPS) is 12.3. The van der Waals surface area contributed by atoms with Gasteiger partial charge in [-0.25, -0.2) is 0 Å². The summed E-state index contributed by atoms with van der Waals surface area (Å²) in [4.78, 5) is 11.1. The Labute approximate surface area is 123 Å². The first-order valence-electron chi connectivity index (χ1n) is 6.27. The highest BCUT2D eigenvalue weighted by Crippen LogP contribution is 2.37. The van der Waals surface area contributed by atoms with Crippen molar-refractivity contribution in [3.8, 4) is 11.5 Å². The minimum absolute atomic E-state index is 0.0218. The molecule has 6 heteroatoms. The van der Waals surface area contributed by atoms with E-state index in [1.165, 1.54) is 14.2 Å². The molecular weight excluding hydrogens is 282 g/mol. The first-order valence-corrected chi connectivity index (χ1v) is 6.65. The fourth-order valence-corrected chi connectivity index (χ4v) is 2.19. The zero-order valence-corrected chi connectivity index (χ0v) is 12.8. The first-order chi connectivity index (χ1) is 9.42. The molecule has 0 aliphatic rings. The molecule has 0 aliphatic carbocycles. The minimum Gasteiger partial charge on any atom is -0.493 e. The van der Waals surface area contributed by atoms with E-state index >= 15 is 0 Å². The second-order valence-corrected chi connectivity index (χ2v) is 5.09. The third-order valence-corrected chi connectivity index (χ3v) is 3.42. The monoisotopic (exact) mass is 301 g/mol. The Bertz CT molecular complexity index is 476. The van der Waals surface area contributed by atoms with E-state index in [0.29, 0.717) is 23.1 Å². The quantitative estimate of drug-likeness (QED) is 0.810. The summed E-state index contributed by atoms with van der Waals surface area (Å²) < 4.78 is 10.4. The average molecular weight is 302 g/mol. The fourth-order valence-electron chi connectivity index (χ4n) is 1.89. The van der Waals surface area contributed by atoms with Crippen LogP contribution in [0.3, 0.4) is 0 Å². The van der Waals surface area contributed by atoms with E-state index in [4.69, 9.17) is 26.2 Å². The lowest BCUT2D eigenvalue weighted by atomic mass is 10.0. The van der Waals surface area contributed by atoms with Gasteiger partial charge in [0.1, 0.15) is 6.04 Å². The Balaban J connectivity index is 2.91. The predicted molar refractivity (Wildman–Crippen MR) is 77.7 cm³/mol. The lowest BCUT2D eigenvalue weighted by Crippen LogP contribution is -2.40. The van der Waals surface area contributed by atoms with E-state index in [2.05, 4.69) is 5.32 Å². The number of hydrogen-bond donors (Lipinski definition) is 2. The SMILES string of the molecule is COc1ccc(CNC(C(=O)O)C(C)C)c(Cl)c1OC. The number of carboxylic acids is 1. The molecule has 0 aromatic heterocycles. The minimum atomic E-state index is -0.878. The zero-order valence-electron chi connectivity index (χ0n) is 12.1. The van der Waals surface area contributed by atoms with Gasteiger partial charge in [-0.1, -0.05) is 31.5 Å². The van der Waals surface area contributed by atoms with Crippen molar-refractivity contribution < 1.29 is 19.4 Å². The third-order valence-electron chi connectivity index (χ3n) is 3.01. The summed E-state index contributed by atoms with van der Waals surface area (Å²) in [6, 6.07) is 2.90. The van der Waals surface area contributed by atoms with Gasteiger partial charge in [0.2, 0.25) is 0 Å². The highest BCUT2D eigenvalue weighted by Gasteiger charge is 2.21. The average Bonchev–Trinajstić information content (AvgIpc) is 2.39. The molecule has 0 bridgehead atoms. The van der Waals surface area contributed by atoms with E-state index in [0.717, 1.165) is 5.56 Å². The van der Waals surface area contributed by atoms with Gasteiger partial charge in [-0.3, -0.25) is 4.79 Å². The van der Waals surface area contributed by atoms with Gasteiger partial charge in [-0.15, -0.1) is 0 Å². The van der Waals surface area contributed by atoms with Crippen molar-refractivity contribution in [2.45, 2.75) is 26.4 Å². The molecule has 1 atom stereocenters. The van der Waals surface area contributed by atoms with Crippen molar-refractivity contribution in [1.29, 1.82) is 0 Å². The highest BCUT2D eigenvalue weighted by atomic mass is 35.5. The summed E-state index contributed by atoms with van der Waals surface area (Å²) >= 11 is 6.24. The van der Waals surface area contributed by atoms with Crippen LogP contribution in [0.4, 0.5) is 0 Å². The number of nitrogens with one attached hydrogen (secondary N) is 1. The molecule has 0 amide bonds. The van der Waals surface area contributed by atoms with E-state index in [1.54, 1.807) is 12.1 Å². The maximum Gasteiger partial charge on any atom is 0.320 e. The number of halogens is 1. The molecular formula is C14H20ClNO4. The van der Waals surface area contributed by atoms with E-state index in [9.17, 15) is 4.79 Å². The molecule has 0 saturated carbocycles. The molecule has 0 saturated heterocycles. The standard InChI is InChI=1S/C14H20ClNO4/c1-8(2)12(14(17)18)16-7-9-5-6-10(19-3)13(20-4)11(9)15/h5-6,8,12,16H,7H2,1-4H3,(H,17,18). The summed E-state index contributed by atoms with van der Waals surface area (Å²) in [6.45, 7) is 4.04. The molecule has 112 valence electrons. The lowest BCUT2D eigenvalue weighted by Gasteiger charge is -2.19. The number of carboxylic acid groups (broad SMARTS) is 1. The van der Waals surface area contributed by atoms with Gasteiger partial charge in [0.25, 0.3) is 0 Å². The third kappa shape index (κ3) is 3.77. The maximum absolute atomic E-state index is 11.1. The van der Waals surface area contributed by atoms with Crippen LogP contribution >= 0.6 is 11.6 Å². The van der Waals surface area contributed by atoms with Crippen LogP contribution in [-0.2, 0) is 11.3 Å². The summed E-state index contributed by atoms with van der Waals surface area (Å²) in [5.74, 6) is 0.0906. The summed E-state index contributed by atoms with van der Waals surface area (Å²) in [7, 11) is 3.04. The number of hydrogen-bond acceptors (Lipinski definition) is 4.